The van der Waals surface area contributed by atoms with E-state index in [0.717, 1.165) is 0 Å². The first-order valence-corrected chi connectivity index (χ1v) is 4.78. The van der Waals surface area contributed by atoms with Gasteiger partial charge >= 0.3 is 0 Å². The average molecular weight is 269 g/mol. The van der Waals surface area contributed by atoms with Crippen molar-refractivity contribution in [2.75, 3.05) is 0 Å². The lowest BCUT2D eigenvalue weighted by atomic mass is 10.3. The van der Waals surface area contributed by atoms with E-state index in [2.05, 4.69) is 26.2 Å². The summed E-state index contributed by atoms with van der Waals surface area (Å²) in [6.45, 7) is 0. The summed E-state index contributed by atoms with van der Waals surface area (Å²) < 4.78 is 1.94. The van der Waals surface area contributed by atoms with Crippen molar-refractivity contribution in [3.05, 3.63) is 45.2 Å². The zero-order valence-corrected chi connectivity index (χ0v) is 8.96. The predicted octanol–water partition coefficient (Wildman–Crippen LogP) is 1.94. The summed E-state index contributed by atoms with van der Waals surface area (Å²) in [5.74, 6) is 0. The van der Waals surface area contributed by atoms with E-state index in [-0.39, 0.29) is 5.69 Å². The van der Waals surface area contributed by atoms with Gasteiger partial charge in [0.15, 0.2) is 0 Å². The SMILES string of the molecule is O=[N+]([O-])c1ccc(-n2ccnn2)cc1Br. The summed E-state index contributed by atoms with van der Waals surface area (Å²) in [5, 5.41) is 18.0. The van der Waals surface area contributed by atoms with E-state index in [9.17, 15) is 10.1 Å². The van der Waals surface area contributed by atoms with Gasteiger partial charge in [-0.15, -0.1) is 5.10 Å². The average Bonchev–Trinajstić information content (AvgIpc) is 2.69. The molecule has 0 aliphatic carbocycles. The zero-order valence-electron chi connectivity index (χ0n) is 7.37. The molecule has 0 N–H and O–H groups in total. The fraction of sp³-hybridized carbons (Fsp3) is 0. The van der Waals surface area contributed by atoms with Gasteiger partial charge in [0.05, 0.1) is 27.5 Å². The van der Waals surface area contributed by atoms with E-state index in [4.69, 9.17) is 0 Å². The summed E-state index contributed by atoms with van der Waals surface area (Å²) in [6, 6.07) is 4.64. The smallest absolute Gasteiger partial charge is 0.258 e. The lowest BCUT2D eigenvalue weighted by Gasteiger charge is -2.00. The number of hydrogen-bond donors (Lipinski definition) is 0. The number of nitro groups is 1. The molecule has 1 aromatic heterocycles. The van der Waals surface area contributed by atoms with Crippen LogP contribution in [0.25, 0.3) is 5.69 Å². The molecule has 2 rings (SSSR count). The van der Waals surface area contributed by atoms with E-state index in [1.165, 1.54) is 16.9 Å². The van der Waals surface area contributed by atoms with E-state index in [1.54, 1.807) is 18.3 Å². The molecule has 6 nitrogen and oxygen atoms in total. The lowest BCUT2D eigenvalue weighted by Crippen LogP contribution is -1.96. The Kier molecular flexibility index (Phi) is 2.46. The topological polar surface area (TPSA) is 73.8 Å². The van der Waals surface area contributed by atoms with Gasteiger partial charge in [0.2, 0.25) is 0 Å². The first-order chi connectivity index (χ1) is 7.18. The number of nitrogens with zero attached hydrogens (tertiary/aromatic N) is 4. The van der Waals surface area contributed by atoms with Gasteiger partial charge in [-0.25, -0.2) is 4.68 Å². The van der Waals surface area contributed by atoms with Gasteiger partial charge in [-0.05, 0) is 28.1 Å². The molecule has 7 heteroatoms. The van der Waals surface area contributed by atoms with Gasteiger partial charge in [-0.3, -0.25) is 10.1 Å². The number of benzene rings is 1. The van der Waals surface area contributed by atoms with Crippen LogP contribution in [0.1, 0.15) is 0 Å². The van der Waals surface area contributed by atoms with E-state index in [0.29, 0.717) is 10.2 Å². The fourth-order valence-electron chi connectivity index (χ4n) is 1.13. The normalized spacial score (nSPS) is 10.2. The fourth-order valence-corrected chi connectivity index (χ4v) is 1.64. The molecule has 0 aliphatic rings. The second kappa shape index (κ2) is 3.77. The van der Waals surface area contributed by atoms with Crippen LogP contribution < -0.4 is 0 Å². The van der Waals surface area contributed by atoms with Crippen molar-refractivity contribution in [3.8, 4) is 5.69 Å². The Morgan fingerprint density at radius 1 is 1.47 bits per heavy atom. The molecule has 0 aliphatic heterocycles. The molecule has 0 amide bonds. The summed E-state index contributed by atoms with van der Waals surface area (Å²) in [6.07, 6.45) is 3.20. The van der Waals surface area contributed by atoms with Crippen LogP contribution >= 0.6 is 15.9 Å². The molecular formula is C8H5BrN4O2. The van der Waals surface area contributed by atoms with Gasteiger partial charge < -0.3 is 0 Å². The Bertz CT molecular complexity index is 497. The molecule has 0 fully saturated rings. The minimum atomic E-state index is -0.449. The number of nitro benzene ring substituents is 1. The molecule has 0 bridgehead atoms. The number of rotatable bonds is 2. The Balaban J connectivity index is 2.47. The van der Waals surface area contributed by atoms with Gasteiger partial charge in [-0.1, -0.05) is 5.21 Å². The summed E-state index contributed by atoms with van der Waals surface area (Å²) >= 11 is 3.13. The van der Waals surface area contributed by atoms with Crippen LogP contribution in [0.5, 0.6) is 0 Å². The third-order valence-corrected chi connectivity index (χ3v) is 2.45. The van der Waals surface area contributed by atoms with E-state index >= 15 is 0 Å². The van der Waals surface area contributed by atoms with Crippen LogP contribution in [0.15, 0.2) is 35.1 Å². The highest BCUT2D eigenvalue weighted by Gasteiger charge is 2.12. The van der Waals surface area contributed by atoms with Crippen molar-refractivity contribution >= 4 is 21.6 Å². The predicted molar refractivity (Wildman–Crippen MR) is 55.7 cm³/mol. The second-order valence-electron chi connectivity index (χ2n) is 2.74. The second-order valence-corrected chi connectivity index (χ2v) is 3.59. The van der Waals surface area contributed by atoms with Crippen molar-refractivity contribution in [1.82, 2.24) is 15.0 Å². The third kappa shape index (κ3) is 1.86. The maximum Gasteiger partial charge on any atom is 0.283 e. The highest BCUT2D eigenvalue weighted by Crippen LogP contribution is 2.26. The molecule has 76 valence electrons. The molecule has 2 aromatic rings. The Morgan fingerprint density at radius 2 is 2.27 bits per heavy atom. The minimum absolute atomic E-state index is 0.0267. The van der Waals surface area contributed by atoms with Crippen molar-refractivity contribution in [2.45, 2.75) is 0 Å². The Hall–Kier alpha value is -1.76. The summed E-state index contributed by atoms with van der Waals surface area (Å²) in [4.78, 5) is 10.1. The highest BCUT2D eigenvalue weighted by atomic mass is 79.9. The maximum atomic E-state index is 10.6. The molecular weight excluding hydrogens is 264 g/mol. The monoisotopic (exact) mass is 268 g/mol. The lowest BCUT2D eigenvalue weighted by molar-refractivity contribution is -0.385. The number of halogens is 1. The molecule has 0 radical (unpaired) electrons. The first kappa shape index (κ1) is 9.78. The van der Waals surface area contributed by atoms with Crippen molar-refractivity contribution < 1.29 is 4.92 Å². The molecule has 1 heterocycles. The summed E-state index contributed by atoms with van der Waals surface area (Å²) in [7, 11) is 0. The van der Waals surface area contributed by atoms with Crippen LogP contribution in [0.4, 0.5) is 5.69 Å². The summed E-state index contributed by atoms with van der Waals surface area (Å²) in [5.41, 5.74) is 0.740. The quantitative estimate of drug-likeness (QED) is 0.616. The van der Waals surface area contributed by atoms with Gasteiger partial charge in [0.1, 0.15) is 0 Å². The molecule has 1 aromatic carbocycles. The Morgan fingerprint density at radius 3 is 2.80 bits per heavy atom. The molecule has 0 saturated carbocycles. The number of hydrogen-bond acceptors (Lipinski definition) is 4. The highest BCUT2D eigenvalue weighted by molar-refractivity contribution is 9.10. The molecule has 0 saturated heterocycles. The third-order valence-electron chi connectivity index (χ3n) is 1.82. The molecule has 15 heavy (non-hydrogen) atoms. The van der Waals surface area contributed by atoms with E-state index in [1.807, 2.05) is 0 Å². The Labute approximate surface area is 92.8 Å². The van der Waals surface area contributed by atoms with Gasteiger partial charge in [0, 0.05) is 6.07 Å². The van der Waals surface area contributed by atoms with Crippen LogP contribution in [-0.4, -0.2) is 19.9 Å². The van der Waals surface area contributed by atoms with Gasteiger partial charge in [-0.2, -0.15) is 0 Å². The standard InChI is InChI=1S/C8H5BrN4O2/c9-7-5-6(12-4-3-10-11-12)1-2-8(7)13(14)15/h1-5H. The van der Waals surface area contributed by atoms with Gasteiger partial charge in [0.25, 0.3) is 5.69 Å². The van der Waals surface area contributed by atoms with Crippen molar-refractivity contribution in [2.24, 2.45) is 0 Å². The van der Waals surface area contributed by atoms with E-state index < -0.39 is 4.92 Å². The zero-order chi connectivity index (χ0) is 10.8. The first-order valence-electron chi connectivity index (χ1n) is 3.99. The van der Waals surface area contributed by atoms with Crippen LogP contribution in [0.3, 0.4) is 0 Å². The van der Waals surface area contributed by atoms with Crippen LogP contribution in [0.2, 0.25) is 0 Å². The largest absolute Gasteiger partial charge is 0.283 e. The van der Waals surface area contributed by atoms with Crippen LogP contribution in [0, 0.1) is 10.1 Å². The molecule has 0 spiro atoms. The van der Waals surface area contributed by atoms with Crippen LogP contribution in [-0.2, 0) is 0 Å². The molecule has 0 unspecified atom stereocenters. The minimum Gasteiger partial charge on any atom is -0.258 e. The maximum absolute atomic E-state index is 10.6. The number of aromatic nitrogens is 3. The molecule has 0 atom stereocenters. The van der Waals surface area contributed by atoms with Crippen molar-refractivity contribution in [3.63, 3.8) is 0 Å². The van der Waals surface area contributed by atoms with Crippen molar-refractivity contribution in [1.29, 1.82) is 0 Å².